The van der Waals surface area contributed by atoms with Crippen molar-refractivity contribution in [2.24, 2.45) is 10.9 Å². The Morgan fingerprint density at radius 3 is 2.57 bits per heavy atom. The number of nitrogens with zero attached hydrogens (tertiary/aromatic N) is 3. The number of hydrogen-bond donors (Lipinski definition) is 2. The maximum Gasteiger partial charge on any atom is 0.191 e. The van der Waals surface area contributed by atoms with Crippen LogP contribution in [0, 0.1) is 19.8 Å². The molecule has 0 bridgehead atoms. The van der Waals surface area contributed by atoms with Gasteiger partial charge in [0.25, 0.3) is 0 Å². The van der Waals surface area contributed by atoms with Gasteiger partial charge in [-0.2, -0.15) is 0 Å². The highest BCUT2D eigenvalue weighted by Gasteiger charge is 2.15. The minimum atomic E-state index is 0.701. The summed E-state index contributed by atoms with van der Waals surface area (Å²) in [7, 11) is 1.81. The lowest BCUT2D eigenvalue weighted by atomic mass is 9.98. The molecule has 152 valence electrons. The molecule has 0 aliphatic carbocycles. The zero-order valence-corrected chi connectivity index (χ0v) is 18.4. The fourth-order valence-corrected chi connectivity index (χ4v) is 4.37. The molecule has 6 heteroatoms. The molecule has 1 aromatic heterocycles. The van der Waals surface area contributed by atoms with E-state index in [1.165, 1.54) is 41.9 Å². The summed E-state index contributed by atoms with van der Waals surface area (Å²) in [5.74, 6) is 1.68. The van der Waals surface area contributed by atoms with Crippen LogP contribution in [0.25, 0.3) is 0 Å². The normalized spacial score (nSPS) is 16.4. The van der Waals surface area contributed by atoms with Gasteiger partial charge in [0.2, 0.25) is 0 Å². The molecule has 1 saturated heterocycles. The molecule has 2 N–H and O–H groups in total. The van der Waals surface area contributed by atoms with Gasteiger partial charge in [-0.1, -0.05) is 31.2 Å². The highest BCUT2D eigenvalue weighted by atomic mass is 32.1. The molecule has 3 rings (SSSR count). The first-order chi connectivity index (χ1) is 13.5. The van der Waals surface area contributed by atoms with Gasteiger partial charge in [0.1, 0.15) is 5.01 Å². The van der Waals surface area contributed by atoms with E-state index in [9.17, 15) is 0 Å². The molecule has 1 aliphatic heterocycles. The molecule has 0 radical (unpaired) electrons. The Morgan fingerprint density at radius 1 is 1.18 bits per heavy atom. The van der Waals surface area contributed by atoms with E-state index < -0.39 is 0 Å². The molecule has 2 heterocycles. The van der Waals surface area contributed by atoms with Crippen LogP contribution in [0.15, 0.2) is 29.3 Å². The summed E-state index contributed by atoms with van der Waals surface area (Å²) < 4.78 is 0. The fourth-order valence-electron chi connectivity index (χ4n) is 3.50. The van der Waals surface area contributed by atoms with Crippen LogP contribution in [0.1, 0.15) is 46.5 Å². The second-order valence-corrected chi connectivity index (χ2v) is 9.09. The van der Waals surface area contributed by atoms with Crippen molar-refractivity contribution in [2.45, 2.75) is 53.2 Å². The first kappa shape index (κ1) is 20.8. The van der Waals surface area contributed by atoms with E-state index in [4.69, 9.17) is 0 Å². The van der Waals surface area contributed by atoms with Crippen LogP contribution in [-0.4, -0.2) is 36.0 Å². The Balaban J connectivity index is 1.48. The molecule has 2 aromatic rings. The Hall–Kier alpha value is -1.92. The van der Waals surface area contributed by atoms with Gasteiger partial charge in [0.05, 0.1) is 12.2 Å². The van der Waals surface area contributed by atoms with Crippen molar-refractivity contribution < 1.29 is 0 Å². The summed E-state index contributed by atoms with van der Waals surface area (Å²) in [4.78, 5) is 12.8. The third-order valence-electron chi connectivity index (χ3n) is 5.44. The number of aromatic nitrogens is 1. The third-order valence-corrected chi connectivity index (χ3v) is 6.51. The van der Waals surface area contributed by atoms with Crippen molar-refractivity contribution >= 4 is 17.3 Å². The number of nitrogens with one attached hydrogen (secondary N) is 2. The lowest BCUT2D eigenvalue weighted by Gasteiger charge is -2.30. The summed E-state index contributed by atoms with van der Waals surface area (Å²) in [5.41, 5.74) is 3.79. The number of guanidine groups is 1. The maximum absolute atomic E-state index is 4.58. The van der Waals surface area contributed by atoms with Crippen LogP contribution in [0.4, 0.5) is 0 Å². The van der Waals surface area contributed by atoms with Crippen molar-refractivity contribution in [3.05, 3.63) is 51.0 Å². The summed E-state index contributed by atoms with van der Waals surface area (Å²) in [6.45, 7) is 11.5. The third kappa shape index (κ3) is 6.04. The van der Waals surface area contributed by atoms with Gasteiger partial charge in [0.15, 0.2) is 5.96 Å². The first-order valence-electron chi connectivity index (χ1n) is 10.2. The molecule has 0 unspecified atom stereocenters. The van der Waals surface area contributed by atoms with Crippen molar-refractivity contribution in [3.8, 4) is 0 Å². The fraction of sp³-hybridized carbons (Fsp3) is 0.545. The summed E-state index contributed by atoms with van der Waals surface area (Å²) in [6.07, 6.45) is 2.64. The van der Waals surface area contributed by atoms with Crippen LogP contribution in [0.2, 0.25) is 0 Å². The van der Waals surface area contributed by atoms with Gasteiger partial charge in [0, 0.05) is 25.0 Å². The van der Waals surface area contributed by atoms with Crippen LogP contribution in [0.3, 0.4) is 0 Å². The number of benzene rings is 1. The number of rotatable bonds is 6. The molecule has 1 aliphatic rings. The van der Waals surface area contributed by atoms with Gasteiger partial charge in [-0.05, 0) is 56.8 Å². The average Bonchev–Trinajstić information content (AvgIpc) is 3.02. The lowest BCUT2D eigenvalue weighted by Crippen LogP contribution is -2.36. The van der Waals surface area contributed by atoms with Gasteiger partial charge in [-0.15, -0.1) is 11.3 Å². The van der Waals surface area contributed by atoms with Crippen molar-refractivity contribution in [1.82, 2.24) is 20.5 Å². The molecular weight excluding hydrogens is 366 g/mol. The molecular formula is C22H33N5S. The Kier molecular flexibility index (Phi) is 7.45. The average molecular weight is 400 g/mol. The van der Waals surface area contributed by atoms with E-state index in [2.05, 4.69) is 70.5 Å². The summed E-state index contributed by atoms with van der Waals surface area (Å²) in [5, 5.41) is 7.87. The first-order valence-corrected chi connectivity index (χ1v) is 11.0. The number of likely N-dealkylation sites (tertiary alicyclic amines) is 1. The number of aryl methyl sites for hydroxylation is 2. The highest BCUT2D eigenvalue weighted by molar-refractivity contribution is 7.11. The van der Waals surface area contributed by atoms with Gasteiger partial charge < -0.3 is 10.6 Å². The molecule has 0 atom stereocenters. The van der Waals surface area contributed by atoms with Crippen molar-refractivity contribution in [3.63, 3.8) is 0 Å². The van der Waals surface area contributed by atoms with E-state index in [0.717, 1.165) is 35.7 Å². The molecule has 0 spiro atoms. The monoisotopic (exact) mass is 399 g/mol. The maximum atomic E-state index is 4.58. The SMILES string of the molecule is CN=C(NCc1cccc(CN2CCC(C)CC2)c1)NCc1nc(C)c(C)s1. The molecule has 28 heavy (non-hydrogen) atoms. The predicted molar refractivity (Wildman–Crippen MR) is 119 cm³/mol. The van der Waals surface area contributed by atoms with E-state index in [0.29, 0.717) is 6.54 Å². The Bertz CT molecular complexity index is 770. The van der Waals surface area contributed by atoms with E-state index in [1.807, 2.05) is 7.05 Å². The minimum absolute atomic E-state index is 0.701. The van der Waals surface area contributed by atoms with Gasteiger partial charge in [-0.3, -0.25) is 9.89 Å². The quantitative estimate of drug-likeness (QED) is 0.572. The van der Waals surface area contributed by atoms with E-state index in [1.54, 1.807) is 11.3 Å². The Labute approximate surface area is 173 Å². The molecule has 5 nitrogen and oxygen atoms in total. The van der Waals surface area contributed by atoms with Gasteiger partial charge in [-0.25, -0.2) is 4.98 Å². The molecule has 0 amide bonds. The standard InChI is InChI=1S/C22H33N5S/c1-16-8-10-27(11-9-16)15-20-7-5-6-19(12-20)13-24-22(23-4)25-14-21-26-17(2)18(3)28-21/h5-7,12,16H,8-11,13-15H2,1-4H3,(H2,23,24,25). The minimum Gasteiger partial charge on any atom is -0.352 e. The second-order valence-electron chi connectivity index (χ2n) is 7.81. The Morgan fingerprint density at radius 2 is 1.89 bits per heavy atom. The predicted octanol–water partition coefficient (Wildman–Crippen LogP) is 3.86. The zero-order valence-electron chi connectivity index (χ0n) is 17.6. The van der Waals surface area contributed by atoms with Crippen molar-refractivity contribution in [1.29, 1.82) is 0 Å². The molecule has 1 fully saturated rings. The van der Waals surface area contributed by atoms with Crippen LogP contribution in [-0.2, 0) is 19.6 Å². The number of piperidine rings is 1. The van der Waals surface area contributed by atoms with Gasteiger partial charge >= 0.3 is 0 Å². The zero-order chi connectivity index (χ0) is 19.9. The van der Waals surface area contributed by atoms with E-state index >= 15 is 0 Å². The number of thiazole rings is 1. The highest BCUT2D eigenvalue weighted by Crippen LogP contribution is 2.18. The summed E-state index contributed by atoms with van der Waals surface area (Å²) in [6, 6.07) is 8.89. The van der Waals surface area contributed by atoms with Crippen LogP contribution >= 0.6 is 11.3 Å². The summed E-state index contributed by atoms with van der Waals surface area (Å²) >= 11 is 1.74. The number of hydrogen-bond acceptors (Lipinski definition) is 4. The second kappa shape index (κ2) is 10.0. The topological polar surface area (TPSA) is 52.6 Å². The number of aliphatic imine (C=N–C) groups is 1. The molecule has 1 aromatic carbocycles. The van der Waals surface area contributed by atoms with E-state index in [-0.39, 0.29) is 0 Å². The largest absolute Gasteiger partial charge is 0.352 e. The van der Waals surface area contributed by atoms with Crippen molar-refractivity contribution in [2.75, 3.05) is 20.1 Å². The smallest absolute Gasteiger partial charge is 0.191 e. The molecule has 0 saturated carbocycles. The lowest BCUT2D eigenvalue weighted by molar-refractivity contribution is 0.185. The van der Waals surface area contributed by atoms with Crippen LogP contribution < -0.4 is 10.6 Å². The van der Waals surface area contributed by atoms with Crippen LogP contribution in [0.5, 0.6) is 0 Å².